The fraction of sp³-hybridized carbons (Fsp3) is 0.750. The minimum Gasteiger partial charge on any atom is -0.120 e. The van der Waals surface area contributed by atoms with Crippen LogP contribution in [0.2, 0.25) is 13.6 Å². The average molecular weight is 124 g/mol. The zero-order valence-electron chi connectivity index (χ0n) is 6.85. The summed E-state index contributed by atoms with van der Waals surface area (Å²) in [5.41, 5.74) is 0. The summed E-state index contributed by atoms with van der Waals surface area (Å²) in [5, 5.41) is 0. The van der Waals surface area contributed by atoms with Gasteiger partial charge in [0.2, 0.25) is 0 Å². The van der Waals surface area contributed by atoms with E-state index in [4.69, 9.17) is 0 Å². The number of allylic oxidation sites excluding steroid dienone is 1. The number of rotatable bonds is 4. The molecule has 0 atom stereocenters. The lowest BCUT2D eigenvalue weighted by Crippen LogP contribution is -1.91. The first-order chi connectivity index (χ1) is 4.27. The quantitative estimate of drug-likeness (QED) is 0.399. The van der Waals surface area contributed by atoms with Crippen LogP contribution in [0.3, 0.4) is 0 Å². The van der Waals surface area contributed by atoms with Crippen molar-refractivity contribution in [1.82, 2.24) is 0 Å². The molecule has 0 aliphatic carbocycles. The SMILES string of the molecule is CCCC/C=C/B(C)C. The molecule has 0 bridgehead atoms. The third-order valence-corrected chi connectivity index (χ3v) is 1.25. The van der Waals surface area contributed by atoms with E-state index in [1.54, 1.807) is 0 Å². The van der Waals surface area contributed by atoms with Crippen LogP contribution in [0.5, 0.6) is 0 Å². The smallest absolute Gasteiger partial charge is 0.120 e. The van der Waals surface area contributed by atoms with E-state index in [9.17, 15) is 0 Å². The first-order valence-corrected chi connectivity index (χ1v) is 3.94. The lowest BCUT2D eigenvalue weighted by molar-refractivity contribution is 0.815. The molecule has 0 aliphatic heterocycles. The van der Waals surface area contributed by atoms with Crippen molar-refractivity contribution in [2.24, 2.45) is 0 Å². The Morgan fingerprint density at radius 1 is 1.33 bits per heavy atom. The van der Waals surface area contributed by atoms with E-state index >= 15 is 0 Å². The molecule has 0 N–H and O–H groups in total. The normalized spacial score (nSPS) is 10.6. The zero-order valence-corrected chi connectivity index (χ0v) is 6.85. The highest BCUT2D eigenvalue weighted by Crippen LogP contribution is 1.95. The Hall–Kier alpha value is -0.195. The molecule has 1 heteroatoms. The van der Waals surface area contributed by atoms with Crippen LogP contribution in [0.4, 0.5) is 0 Å². The Labute approximate surface area is 59.4 Å². The molecule has 0 aliphatic rings. The standard InChI is InChI=1S/C8H17B/c1-4-5-6-7-8-9(2)3/h7-8H,4-6H2,1-3H3/b8-7+. The summed E-state index contributed by atoms with van der Waals surface area (Å²) in [5.74, 6) is 2.27. The van der Waals surface area contributed by atoms with Gasteiger partial charge in [-0.05, 0) is 6.42 Å². The lowest BCUT2D eigenvalue weighted by atomic mass is 9.55. The van der Waals surface area contributed by atoms with Gasteiger partial charge < -0.3 is 0 Å². The molecule has 0 heterocycles. The van der Waals surface area contributed by atoms with Gasteiger partial charge in [-0.15, -0.1) is 5.98 Å². The molecule has 0 unspecified atom stereocenters. The van der Waals surface area contributed by atoms with E-state index in [-0.39, 0.29) is 0 Å². The molecule has 9 heavy (non-hydrogen) atoms. The molecule has 0 nitrogen and oxygen atoms in total. The summed E-state index contributed by atoms with van der Waals surface area (Å²) >= 11 is 0. The van der Waals surface area contributed by atoms with Crippen LogP contribution in [0.1, 0.15) is 26.2 Å². The van der Waals surface area contributed by atoms with Gasteiger partial charge in [0.1, 0.15) is 0 Å². The first kappa shape index (κ1) is 8.80. The van der Waals surface area contributed by atoms with E-state index in [2.05, 4.69) is 32.6 Å². The summed E-state index contributed by atoms with van der Waals surface area (Å²) in [4.78, 5) is 0. The van der Waals surface area contributed by atoms with Gasteiger partial charge in [-0.3, -0.25) is 0 Å². The van der Waals surface area contributed by atoms with Gasteiger partial charge in [0.05, 0.1) is 0 Å². The van der Waals surface area contributed by atoms with Crippen molar-refractivity contribution >= 4 is 6.71 Å². The van der Waals surface area contributed by atoms with E-state index in [1.165, 1.54) is 19.3 Å². The first-order valence-electron chi connectivity index (χ1n) is 3.94. The van der Waals surface area contributed by atoms with Gasteiger partial charge in [0.15, 0.2) is 6.71 Å². The third kappa shape index (κ3) is 7.80. The van der Waals surface area contributed by atoms with Crippen LogP contribution in [-0.4, -0.2) is 6.71 Å². The highest BCUT2D eigenvalue weighted by Gasteiger charge is 1.87. The maximum Gasteiger partial charge on any atom is 0.159 e. The van der Waals surface area contributed by atoms with Crippen molar-refractivity contribution in [2.75, 3.05) is 0 Å². The summed E-state index contributed by atoms with van der Waals surface area (Å²) < 4.78 is 0. The molecule has 0 rings (SSSR count). The Balaban J connectivity index is 3.04. The van der Waals surface area contributed by atoms with Crippen molar-refractivity contribution < 1.29 is 0 Å². The van der Waals surface area contributed by atoms with Crippen molar-refractivity contribution in [3.63, 3.8) is 0 Å². The number of hydrogen-bond acceptors (Lipinski definition) is 0. The molecule has 0 aromatic carbocycles. The Morgan fingerprint density at radius 2 is 2.00 bits per heavy atom. The Bertz CT molecular complexity index is 74.6. The van der Waals surface area contributed by atoms with E-state index in [0.29, 0.717) is 0 Å². The summed E-state index contributed by atoms with van der Waals surface area (Å²) in [7, 11) is 0. The molecule has 0 saturated carbocycles. The Kier molecular flexibility index (Phi) is 5.80. The molecule has 0 aromatic rings. The predicted molar refractivity (Wildman–Crippen MR) is 46.1 cm³/mol. The monoisotopic (exact) mass is 124 g/mol. The average Bonchev–Trinajstić information content (AvgIpc) is 1.80. The topological polar surface area (TPSA) is 0 Å². The molecule has 0 amide bonds. The highest BCUT2D eigenvalue weighted by atomic mass is 13.8. The van der Waals surface area contributed by atoms with Gasteiger partial charge in [-0.25, -0.2) is 0 Å². The van der Waals surface area contributed by atoms with Crippen molar-refractivity contribution in [2.45, 2.75) is 39.8 Å². The minimum atomic E-state index is 0.724. The van der Waals surface area contributed by atoms with E-state index in [0.717, 1.165) is 6.71 Å². The van der Waals surface area contributed by atoms with Crippen LogP contribution >= 0.6 is 0 Å². The van der Waals surface area contributed by atoms with Crippen molar-refractivity contribution in [3.05, 3.63) is 12.1 Å². The number of unbranched alkanes of at least 4 members (excludes halogenated alkanes) is 2. The van der Waals surface area contributed by atoms with Crippen molar-refractivity contribution in [3.8, 4) is 0 Å². The van der Waals surface area contributed by atoms with Crippen LogP contribution < -0.4 is 0 Å². The minimum absolute atomic E-state index is 0.724. The van der Waals surface area contributed by atoms with E-state index in [1.807, 2.05) is 0 Å². The molecule has 0 spiro atoms. The van der Waals surface area contributed by atoms with Crippen molar-refractivity contribution in [1.29, 1.82) is 0 Å². The second-order valence-electron chi connectivity index (χ2n) is 2.81. The molecule has 0 radical (unpaired) electrons. The second-order valence-corrected chi connectivity index (χ2v) is 2.81. The molecule has 0 saturated heterocycles. The fourth-order valence-corrected chi connectivity index (χ4v) is 0.690. The molecular formula is C8H17B. The fourth-order valence-electron chi connectivity index (χ4n) is 0.690. The van der Waals surface area contributed by atoms with Gasteiger partial charge in [-0.2, -0.15) is 0 Å². The summed E-state index contributed by atoms with van der Waals surface area (Å²) in [6, 6.07) is 0. The van der Waals surface area contributed by atoms with Gasteiger partial charge >= 0.3 is 0 Å². The zero-order chi connectivity index (χ0) is 7.11. The van der Waals surface area contributed by atoms with Gasteiger partial charge in [-0.1, -0.05) is 39.5 Å². The highest BCUT2D eigenvalue weighted by molar-refractivity contribution is 6.61. The maximum atomic E-state index is 2.29. The van der Waals surface area contributed by atoms with E-state index < -0.39 is 0 Å². The van der Waals surface area contributed by atoms with Gasteiger partial charge in [0, 0.05) is 0 Å². The largest absolute Gasteiger partial charge is 0.159 e. The predicted octanol–water partition coefficient (Wildman–Crippen LogP) is 3.03. The molecular weight excluding hydrogens is 107 g/mol. The lowest BCUT2D eigenvalue weighted by Gasteiger charge is -1.89. The van der Waals surface area contributed by atoms with Crippen LogP contribution in [-0.2, 0) is 0 Å². The second kappa shape index (κ2) is 5.93. The Morgan fingerprint density at radius 3 is 2.44 bits per heavy atom. The maximum absolute atomic E-state index is 2.29. The molecule has 52 valence electrons. The summed E-state index contributed by atoms with van der Waals surface area (Å²) in [6.45, 7) is 7.37. The van der Waals surface area contributed by atoms with Crippen LogP contribution in [0.25, 0.3) is 0 Å². The summed E-state index contributed by atoms with van der Waals surface area (Å²) in [6.07, 6.45) is 6.19. The van der Waals surface area contributed by atoms with Gasteiger partial charge in [0.25, 0.3) is 0 Å². The third-order valence-electron chi connectivity index (χ3n) is 1.25. The number of hydrogen-bond donors (Lipinski definition) is 0. The van der Waals surface area contributed by atoms with Crippen LogP contribution in [0, 0.1) is 0 Å². The molecule has 0 aromatic heterocycles. The van der Waals surface area contributed by atoms with Crippen LogP contribution in [0.15, 0.2) is 12.1 Å². The molecule has 0 fully saturated rings.